The lowest BCUT2D eigenvalue weighted by atomic mass is 10.0. The van der Waals surface area contributed by atoms with Gasteiger partial charge in [0.05, 0.1) is 12.6 Å². The number of phenols is 1. The molecule has 3 heterocycles. The zero-order chi connectivity index (χ0) is 55.0. The second kappa shape index (κ2) is 27.1. The molecular weight excluding hydrogens is 989 g/mol. The molecule has 2 fully saturated rings. The predicted molar refractivity (Wildman–Crippen MR) is 297 cm³/mol. The van der Waals surface area contributed by atoms with E-state index < -0.39 is 65.7 Å². The number of aromatic amines is 1. The molecule has 0 unspecified atom stereocenters. The summed E-state index contributed by atoms with van der Waals surface area (Å²) < 4.78 is 0. The Hall–Kier alpha value is -8.35. The molecule has 2 aliphatic heterocycles. The Bertz CT molecular complexity index is 2990. The molecule has 5 atom stereocenters. The zero-order valence-electron chi connectivity index (χ0n) is 43.7. The number of amides is 7. The number of likely N-dealkylation sites (tertiary alicyclic amines) is 2. The van der Waals surface area contributed by atoms with Gasteiger partial charge in [0.1, 0.15) is 29.9 Å². The number of nitrogens with one attached hydrogen (secondary N) is 5. The van der Waals surface area contributed by atoms with E-state index in [0.29, 0.717) is 24.0 Å². The number of phenolic OH excluding ortho intramolecular Hbond substituents is 1. The number of piperidine rings is 1. The molecular formula is C60H70N10O8. The fourth-order valence-electron chi connectivity index (χ4n) is 10.5. The lowest BCUT2D eigenvalue weighted by molar-refractivity contribution is -0.140. The summed E-state index contributed by atoms with van der Waals surface area (Å²) in [5.74, 6) is -4.11. The molecule has 6 aromatic rings. The molecule has 10 N–H and O–H groups in total. The van der Waals surface area contributed by atoms with Crippen LogP contribution in [0.2, 0.25) is 0 Å². The van der Waals surface area contributed by atoms with Crippen LogP contribution in [-0.2, 0) is 59.2 Å². The number of anilines is 1. The van der Waals surface area contributed by atoms with Crippen LogP contribution >= 0.6 is 0 Å². The number of carbonyl (C=O) groups excluding carboxylic acids is 7. The summed E-state index contributed by atoms with van der Waals surface area (Å²) >= 11 is 0. The second-order valence-corrected chi connectivity index (χ2v) is 20.2. The number of rotatable bonds is 24. The van der Waals surface area contributed by atoms with Crippen molar-refractivity contribution in [3.8, 4) is 5.75 Å². The highest BCUT2D eigenvalue weighted by atomic mass is 16.3. The molecule has 0 aliphatic carbocycles. The number of nitrogens with zero attached hydrogens (tertiary/aromatic N) is 3. The zero-order valence-corrected chi connectivity index (χ0v) is 43.7. The van der Waals surface area contributed by atoms with Gasteiger partial charge in [0.2, 0.25) is 41.4 Å². The van der Waals surface area contributed by atoms with Gasteiger partial charge in [-0.05, 0) is 97.5 Å². The van der Waals surface area contributed by atoms with Gasteiger partial charge < -0.3 is 57.5 Å². The molecule has 0 bridgehead atoms. The first-order valence-corrected chi connectivity index (χ1v) is 26.8. The number of primary amides is 1. The normalized spacial score (nSPS) is 16.3. The summed E-state index contributed by atoms with van der Waals surface area (Å²) in [6.45, 7) is 2.55. The summed E-state index contributed by atoms with van der Waals surface area (Å²) in [5, 5.41) is 21.7. The van der Waals surface area contributed by atoms with Gasteiger partial charge in [-0.2, -0.15) is 0 Å². The van der Waals surface area contributed by atoms with Crippen molar-refractivity contribution in [3.63, 3.8) is 0 Å². The summed E-state index contributed by atoms with van der Waals surface area (Å²) in [7, 11) is 0. The number of hydrogen-bond donors (Lipinski definition) is 8. The fourth-order valence-corrected chi connectivity index (χ4v) is 10.5. The van der Waals surface area contributed by atoms with Crippen molar-refractivity contribution in [2.45, 2.75) is 100 Å². The summed E-state index contributed by atoms with van der Waals surface area (Å²) in [6.07, 6.45) is 4.76. The van der Waals surface area contributed by atoms with Gasteiger partial charge in [-0.1, -0.05) is 109 Å². The first-order valence-electron chi connectivity index (χ1n) is 26.8. The van der Waals surface area contributed by atoms with Crippen LogP contribution in [0.3, 0.4) is 0 Å². The number of carbonyl (C=O) groups is 7. The molecule has 5 aromatic carbocycles. The Morgan fingerprint density at radius 1 is 0.667 bits per heavy atom. The Labute approximate surface area is 454 Å². The molecule has 78 heavy (non-hydrogen) atoms. The van der Waals surface area contributed by atoms with E-state index >= 15 is 0 Å². The molecule has 2 aliphatic rings. The fraction of sp³-hybridized carbons (Fsp3) is 0.350. The quantitative estimate of drug-likeness (QED) is 0.0435. The number of benzene rings is 5. The first-order chi connectivity index (χ1) is 37.8. The summed E-state index contributed by atoms with van der Waals surface area (Å²) in [5.41, 5.74) is 17.2. The molecule has 18 nitrogen and oxygen atoms in total. The van der Waals surface area contributed by atoms with E-state index in [0.717, 1.165) is 61.1 Å². The Morgan fingerprint density at radius 2 is 1.27 bits per heavy atom. The third-order valence-corrected chi connectivity index (χ3v) is 14.7. The van der Waals surface area contributed by atoms with Crippen LogP contribution in [0.5, 0.6) is 5.75 Å². The first kappa shape index (κ1) is 55.9. The molecule has 0 spiro atoms. The standard InChI is InChI=1S/C60H70N10O8/c61-48(35-42-22-24-46(71)25-23-42)60(78)69-31-12-21-53(69)59(77)67-52(37-43-38-63-49-20-11-10-19-47(43)49)58(76)66-51(36-41-15-6-2-7-16-41)57(75)65-50(56(62)74)26-27-54(72)64-39-55(73)70(44-17-8-3-9-18-44)45-29-33-68(34-30-45)32-28-40-13-4-1-5-14-40/h1-11,13-20,22-25,38,45,48,50-53,63,71H,12,21,26-37,39,61H2,(H2,62,74)(H,64,72)(H,65,75)(H,66,76)(H,67,77)/t48-,50-,51-,52-,53-/m0/s1. The number of fused-ring (bicyclic) bond motifs is 1. The number of aromatic nitrogens is 1. The van der Waals surface area contributed by atoms with Gasteiger partial charge in [-0.25, -0.2) is 0 Å². The average Bonchev–Trinajstić information content (AvgIpc) is 4.17. The minimum absolute atomic E-state index is 0.00137. The van der Waals surface area contributed by atoms with Crippen molar-refractivity contribution in [3.05, 3.63) is 168 Å². The highest BCUT2D eigenvalue weighted by Crippen LogP contribution is 2.26. The van der Waals surface area contributed by atoms with E-state index in [4.69, 9.17) is 11.5 Å². The maximum absolute atomic E-state index is 14.7. The largest absolute Gasteiger partial charge is 0.508 e. The van der Waals surface area contributed by atoms with Crippen LogP contribution in [0.25, 0.3) is 10.9 Å². The number of hydrogen-bond acceptors (Lipinski definition) is 10. The van der Waals surface area contributed by atoms with Gasteiger partial charge in [0.25, 0.3) is 0 Å². The highest BCUT2D eigenvalue weighted by Gasteiger charge is 2.39. The third kappa shape index (κ3) is 15.2. The molecule has 0 saturated carbocycles. The van der Waals surface area contributed by atoms with Crippen LogP contribution in [0, 0.1) is 0 Å². The number of aromatic hydroxyl groups is 1. The smallest absolute Gasteiger partial charge is 0.246 e. The number of nitrogens with two attached hydrogens (primary N) is 2. The van der Waals surface area contributed by atoms with E-state index in [1.807, 2.05) is 72.8 Å². The van der Waals surface area contributed by atoms with Crippen LogP contribution in [0.4, 0.5) is 5.69 Å². The molecule has 18 heteroatoms. The van der Waals surface area contributed by atoms with Crippen molar-refractivity contribution in [2.24, 2.45) is 11.5 Å². The van der Waals surface area contributed by atoms with Crippen molar-refractivity contribution in [2.75, 3.05) is 37.6 Å². The number of para-hydroxylation sites is 2. The van der Waals surface area contributed by atoms with Crippen molar-refractivity contribution >= 4 is 57.9 Å². The molecule has 8 rings (SSSR count). The Morgan fingerprint density at radius 3 is 1.95 bits per heavy atom. The van der Waals surface area contributed by atoms with Gasteiger partial charge in [0.15, 0.2) is 0 Å². The lowest BCUT2D eigenvalue weighted by Crippen LogP contribution is -2.59. The minimum atomic E-state index is -1.34. The molecule has 0 radical (unpaired) electrons. The van der Waals surface area contributed by atoms with Crippen molar-refractivity contribution < 1.29 is 38.7 Å². The van der Waals surface area contributed by atoms with Crippen LogP contribution in [0.15, 0.2) is 146 Å². The van der Waals surface area contributed by atoms with Gasteiger partial charge in [0, 0.05) is 74.3 Å². The predicted octanol–water partition coefficient (Wildman–Crippen LogP) is 3.80. The number of H-pyrrole nitrogens is 1. The van der Waals surface area contributed by atoms with Crippen molar-refractivity contribution in [1.29, 1.82) is 0 Å². The van der Waals surface area contributed by atoms with E-state index in [9.17, 15) is 38.7 Å². The van der Waals surface area contributed by atoms with Crippen LogP contribution in [-0.4, -0.2) is 130 Å². The molecule has 408 valence electrons. The van der Waals surface area contributed by atoms with Gasteiger partial charge >= 0.3 is 0 Å². The van der Waals surface area contributed by atoms with E-state index in [1.54, 1.807) is 53.6 Å². The summed E-state index contributed by atoms with van der Waals surface area (Å²) in [6, 6.07) is 36.6. The average molecular weight is 1060 g/mol. The topological polar surface area (TPSA) is 265 Å². The molecule has 1 aromatic heterocycles. The lowest BCUT2D eigenvalue weighted by Gasteiger charge is -2.38. The van der Waals surface area contributed by atoms with Crippen LogP contribution < -0.4 is 37.6 Å². The maximum Gasteiger partial charge on any atom is 0.246 e. The Balaban J connectivity index is 0.911. The Kier molecular flexibility index (Phi) is 19.4. The molecule has 2 saturated heterocycles. The van der Waals surface area contributed by atoms with E-state index in [1.165, 1.54) is 22.6 Å². The minimum Gasteiger partial charge on any atom is -0.508 e. The molecule has 7 amide bonds. The third-order valence-electron chi connectivity index (χ3n) is 14.7. The second-order valence-electron chi connectivity index (χ2n) is 20.2. The van der Waals surface area contributed by atoms with Gasteiger partial charge in [-0.15, -0.1) is 0 Å². The monoisotopic (exact) mass is 1060 g/mol. The van der Waals surface area contributed by atoms with Crippen molar-refractivity contribution in [1.82, 2.24) is 36.1 Å². The van der Waals surface area contributed by atoms with Crippen LogP contribution in [0.1, 0.15) is 60.8 Å². The summed E-state index contributed by atoms with van der Waals surface area (Å²) in [4.78, 5) is 106. The van der Waals surface area contributed by atoms with E-state index in [2.05, 4.69) is 43.3 Å². The maximum atomic E-state index is 14.7. The van der Waals surface area contributed by atoms with E-state index in [-0.39, 0.29) is 62.9 Å². The SMILES string of the molecule is NC(=O)[C@H](CCC(=O)NCC(=O)N(c1ccccc1)C1CCN(CCc2ccccc2)CC1)NC(=O)[C@H](Cc1ccccc1)NC(=O)[C@H](Cc1c[nH]c2ccccc12)NC(=O)[C@@H]1CCCN1C(=O)[C@@H](N)Cc1ccc(O)cc1. The highest BCUT2D eigenvalue weighted by molar-refractivity contribution is 5.98. The van der Waals surface area contributed by atoms with Gasteiger partial charge in [-0.3, -0.25) is 33.6 Å².